The number of hydrogen-bond donors (Lipinski definition) is 2. The van der Waals surface area contributed by atoms with Gasteiger partial charge in [-0.05, 0) is 18.2 Å². The Hall–Kier alpha value is -3.00. The first-order valence-corrected chi connectivity index (χ1v) is 8.67. The summed E-state index contributed by atoms with van der Waals surface area (Å²) in [5.41, 5.74) is 0.971. The minimum Gasteiger partial charge on any atom is -0.494 e. The fraction of sp³-hybridized carbons (Fsp3) is 0.167. The lowest BCUT2D eigenvalue weighted by atomic mass is 10.2. The van der Waals surface area contributed by atoms with Crippen LogP contribution in [0.4, 0.5) is 15.2 Å². The zero-order chi connectivity index (χ0) is 18.7. The van der Waals surface area contributed by atoms with E-state index in [0.717, 1.165) is 4.70 Å². The Morgan fingerprint density at radius 1 is 1.23 bits per heavy atom. The van der Waals surface area contributed by atoms with E-state index in [1.54, 1.807) is 25.1 Å². The molecule has 3 rings (SSSR count). The average molecular weight is 373 g/mol. The molecular weight excluding hydrogens is 357 g/mol. The molecule has 0 saturated carbocycles. The lowest BCUT2D eigenvalue weighted by molar-refractivity contribution is -0.115. The molecule has 0 atom stereocenters. The van der Waals surface area contributed by atoms with Gasteiger partial charge in [-0.1, -0.05) is 30.4 Å². The smallest absolute Gasteiger partial charge is 0.258 e. The van der Waals surface area contributed by atoms with Crippen LogP contribution in [0.1, 0.15) is 23.7 Å². The van der Waals surface area contributed by atoms with Gasteiger partial charge in [0.05, 0.1) is 17.4 Å². The number of aromatic nitrogens is 1. The topological polar surface area (TPSA) is 80.3 Å². The lowest BCUT2D eigenvalue weighted by Crippen LogP contribution is -2.13. The molecule has 1 heterocycles. The van der Waals surface area contributed by atoms with Crippen molar-refractivity contribution in [3.63, 3.8) is 0 Å². The molecule has 0 unspecified atom stereocenters. The van der Waals surface area contributed by atoms with Crippen molar-refractivity contribution in [1.29, 1.82) is 0 Å². The van der Waals surface area contributed by atoms with Gasteiger partial charge < -0.3 is 15.4 Å². The van der Waals surface area contributed by atoms with Crippen LogP contribution in [0.2, 0.25) is 0 Å². The van der Waals surface area contributed by atoms with Gasteiger partial charge in [-0.2, -0.15) is 0 Å². The molecule has 6 nitrogen and oxygen atoms in total. The van der Waals surface area contributed by atoms with Crippen molar-refractivity contribution in [1.82, 2.24) is 4.98 Å². The second-order valence-corrected chi connectivity index (χ2v) is 6.41. The molecule has 1 aromatic heterocycles. The van der Waals surface area contributed by atoms with E-state index in [-0.39, 0.29) is 11.5 Å². The van der Waals surface area contributed by atoms with Crippen molar-refractivity contribution in [2.24, 2.45) is 0 Å². The Bertz CT molecular complexity index is 987. The monoisotopic (exact) mass is 373 g/mol. The van der Waals surface area contributed by atoms with E-state index < -0.39 is 11.7 Å². The number of rotatable bonds is 5. The van der Waals surface area contributed by atoms with Crippen LogP contribution in [-0.2, 0) is 4.79 Å². The van der Waals surface area contributed by atoms with Crippen molar-refractivity contribution in [2.75, 3.05) is 17.7 Å². The van der Waals surface area contributed by atoms with Crippen molar-refractivity contribution in [2.45, 2.75) is 13.3 Å². The molecule has 2 N–H and O–H groups in total. The number of nitrogens with one attached hydrogen (secondary N) is 2. The molecule has 0 bridgehead atoms. The molecule has 2 amide bonds. The number of hydrogen-bond acceptors (Lipinski definition) is 5. The Morgan fingerprint density at radius 3 is 2.69 bits per heavy atom. The van der Waals surface area contributed by atoms with Gasteiger partial charge in [0.25, 0.3) is 5.91 Å². The SMILES string of the molecule is CCC(=O)Nc1nc2c(OC)cc(NC(=O)c3ccccc3F)cc2s1. The lowest BCUT2D eigenvalue weighted by Gasteiger charge is -2.08. The molecule has 3 aromatic rings. The van der Waals surface area contributed by atoms with E-state index in [9.17, 15) is 14.0 Å². The molecule has 8 heteroatoms. The maximum Gasteiger partial charge on any atom is 0.258 e. The van der Waals surface area contributed by atoms with Gasteiger partial charge in [-0.25, -0.2) is 9.37 Å². The number of carbonyl (C=O) groups is 2. The van der Waals surface area contributed by atoms with Crippen LogP contribution in [-0.4, -0.2) is 23.9 Å². The first-order chi connectivity index (χ1) is 12.5. The standard InChI is InChI=1S/C18H16FN3O3S/c1-3-15(23)21-18-22-16-13(25-2)8-10(9-14(16)26-18)20-17(24)11-6-4-5-7-12(11)19/h4-9H,3H2,1-2H3,(H,20,24)(H,21,22,23). The van der Waals surface area contributed by atoms with E-state index in [0.29, 0.717) is 28.5 Å². The third-order valence-electron chi connectivity index (χ3n) is 3.62. The molecule has 0 radical (unpaired) electrons. The summed E-state index contributed by atoms with van der Waals surface area (Å²) in [6.07, 6.45) is 0.344. The van der Waals surface area contributed by atoms with Gasteiger partial charge >= 0.3 is 0 Å². The highest BCUT2D eigenvalue weighted by molar-refractivity contribution is 7.22. The first kappa shape index (κ1) is 17.8. The third kappa shape index (κ3) is 3.65. The number of fused-ring (bicyclic) bond motifs is 1. The number of ether oxygens (including phenoxy) is 1. The Balaban J connectivity index is 1.93. The van der Waals surface area contributed by atoms with E-state index in [2.05, 4.69) is 15.6 Å². The van der Waals surface area contributed by atoms with Gasteiger partial charge in [0.2, 0.25) is 5.91 Å². The highest BCUT2D eigenvalue weighted by Crippen LogP contribution is 2.35. The second-order valence-electron chi connectivity index (χ2n) is 5.38. The number of halogens is 1. The quantitative estimate of drug-likeness (QED) is 0.707. The average Bonchev–Trinajstić information content (AvgIpc) is 3.03. The van der Waals surface area contributed by atoms with Gasteiger partial charge in [0, 0.05) is 18.2 Å². The van der Waals surface area contributed by atoms with Crippen molar-refractivity contribution < 1.29 is 18.7 Å². The van der Waals surface area contributed by atoms with Crippen LogP contribution in [0.25, 0.3) is 10.2 Å². The summed E-state index contributed by atoms with van der Waals surface area (Å²) in [6.45, 7) is 1.75. The Kier molecular flexibility index (Phi) is 5.13. The Morgan fingerprint density at radius 2 is 2.00 bits per heavy atom. The molecule has 0 aliphatic rings. The summed E-state index contributed by atoms with van der Waals surface area (Å²) in [5, 5.41) is 5.81. The van der Waals surface area contributed by atoms with E-state index in [1.165, 1.54) is 36.6 Å². The normalized spacial score (nSPS) is 10.6. The molecular formula is C18H16FN3O3S. The minimum atomic E-state index is -0.597. The summed E-state index contributed by atoms with van der Waals surface area (Å²) < 4.78 is 19.8. The summed E-state index contributed by atoms with van der Waals surface area (Å²) in [5.74, 6) is -0.857. The fourth-order valence-corrected chi connectivity index (χ4v) is 3.27. The van der Waals surface area contributed by atoms with Crippen LogP contribution >= 0.6 is 11.3 Å². The van der Waals surface area contributed by atoms with Crippen LogP contribution in [0.3, 0.4) is 0 Å². The molecule has 2 aromatic carbocycles. The predicted octanol–water partition coefficient (Wildman–Crippen LogP) is 4.04. The van der Waals surface area contributed by atoms with Crippen molar-refractivity contribution in [3.8, 4) is 5.75 Å². The molecule has 0 spiro atoms. The fourth-order valence-electron chi connectivity index (χ4n) is 2.33. The Labute approximate surface area is 153 Å². The van der Waals surface area contributed by atoms with E-state index in [4.69, 9.17) is 4.74 Å². The van der Waals surface area contributed by atoms with Gasteiger partial charge in [0.1, 0.15) is 17.1 Å². The number of anilines is 2. The highest BCUT2D eigenvalue weighted by Gasteiger charge is 2.15. The van der Waals surface area contributed by atoms with Gasteiger partial charge in [-0.15, -0.1) is 0 Å². The third-order valence-corrected chi connectivity index (χ3v) is 4.54. The van der Waals surface area contributed by atoms with E-state index >= 15 is 0 Å². The minimum absolute atomic E-state index is 0.0493. The number of methoxy groups -OCH3 is 1. The predicted molar refractivity (Wildman–Crippen MR) is 99.4 cm³/mol. The summed E-state index contributed by atoms with van der Waals surface area (Å²) in [6, 6.07) is 9.05. The second kappa shape index (κ2) is 7.49. The molecule has 0 aliphatic carbocycles. The van der Waals surface area contributed by atoms with Gasteiger partial charge in [-0.3, -0.25) is 9.59 Å². The van der Waals surface area contributed by atoms with Gasteiger partial charge in [0.15, 0.2) is 5.13 Å². The zero-order valence-corrected chi connectivity index (χ0v) is 14.9. The molecule has 134 valence electrons. The number of amides is 2. The zero-order valence-electron chi connectivity index (χ0n) is 14.1. The first-order valence-electron chi connectivity index (χ1n) is 7.86. The summed E-state index contributed by atoms with van der Waals surface area (Å²) >= 11 is 1.26. The van der Waals surface area contributed by atoms with Crippen molar-refractivity contribution in [3.05, 3.63) is 47.8 Å². The van der Waals surface area contributed by atoms with Crippen LogP contribution in [0.15, 0.2) is 36.4 Å². The molecule has 26 heavy (non-hydrogen) atoms. The molecule has 0 fully saturated rings. The van der Waals surface area contributed by atoms with Crippen molar-refractivity contribution >= 4 is 44.2 Å². The number of nitrogens with zero attached hydrogens (tertiary/aromatic N) is 1. The number of benzene rings is 2. The number of thiazole rings is 1. The maximum absolute atomic E-state index is 13.8. The maximum atomic E-state index is 13.8. The van der Waals surface area contributed by atoms with Crippen LogP contribution in [0, 0.1) is 5.82 Å². The molecule has 0 aliphatic heterocycles. The number of carbonyl (C=O) groups excluding carboxylic acids is 2. The highest BCUT2D eigenvalue weighted by atomic mass is 32.1. The van der Waals surface area contributed by atoms with Crippen LogP contribution < -0.4 is 15.4 Å². The largest absolute Gasteiger partial charge is 0.494 e. The van der Waals surface area contributed by atoms with E-state index in [1.807, 2.05) is 0 Å². The molecule has 0 saturated heterocycles. The summed E-state index contributed by atoms with van der Waals surface area (Å²) in [4.78, 5) is 28.2. The summed E-state index contributed by atoms with van der Waals surface area (Å²) in [7, 11) is 1.49. The van der Waals surface area contributed by atoms with Crippen LogP contribution in [0.5, 0.6) is 5.75 Å².